The number of aliphatic imine (C=N–C) groups is 2. The maximum absolute atomic E-state index is 14.3. The normalized spacial score (nSPS) is 18.0. The number of alkyl halides is 6. The topological polar surface area (TPSA) is 77.3 Å². The highest BCUT2D eigenvalue weighted by Crippen LogP contribution is 2.59. The maximum atomic E-state index is 14.3. The Kier molecular flexibility index (Phi) is 5.45. The van der Waals surface area contributed by atoms with Crippen molar-refractivity contribution in [1.29, 1.82) is 0 Å². The van der Waals surface area contributed by atoms with E-state index in [4.69, 9.17) is 0 Å². The molecule has 0 N–H and O–H groups in total. The number of halogens is 6. The zero-order valence-corrected chi connectivity index (χ0v) is 14.9. The summed E-state index contributed by atoms with van der Waals surface area (Å²) in [4.78, 5) is 26.9. The minimum atomic E-state index is -5.85. The Morgan fingerprint density at radius 1 is 0.613 bits per heavy atom. The summed E-state index contributed by atoms with van der Waals surface area (Å²) in [5.74, 6) is -21.9. The second kappa shape index (κ2) is 7.75. The average Bonchev–Trinajstić information content (AvgIpc) is 2.81. The van der Waals surface area contributed by atoms with Gasteiger partial charge in [-0.25, -0.2) is 9.59 Å². The van der Waals surface area contributed by atoms with Gasteiger partial charge in [-0.2, -0.15) is 36.3 Å². The Morgan fingerprint density at radius 3 is 1.23 bits per heavy atom. The Hall–Kier alpha value is -3.88. The van der Waals surface area contributed by atoms with Gasteiger partial charge in [0.2, 0.25) is 23.7 Å². The number of carbonyl (C=O) groups excluding carboxylic acids is 2. The first-order valence-electron chi connectivity index (χ1n) is 8.15. The molecular weight excluding hydrogens is 434 g/mol. The van der Waals surface area contributed by atoms with Gasteiger partial charge in [0.05, 0.1) is 11.4 Å². The van der Waals surface area contributed by atoms with Crippen LogP contribution in [0.1, 0.15) is 0 Å². The summed E-state index contributed by atoms with van der Waals surface area (Å²) >= 11 is 0. The van der Waals surface area contributed by atoms with Crippen LogP contribution < -0.4 is 9.47 Å². The van der Waals surface area contributed by atoms with Gasteiger partial charge in [-0.15, -0.1) is 0 Å². The van der Waals surface area contributed by atoms with Crippen LogP contribution in [-0.2, 0) is 9.59 Å². The number of benzene rings is 2. The van der Waals surface area contributed by atoms with Crippen LogP contribution in [0.25, 0.3) is 0 Å². The number of isocyanates is 2. The molecule has 0 unspecified atom stereocenters. The van der Waals surface area contributed by atoms with E-state index in [0.29, 0.717) is 0 Å². The number of nitrogens with zero attached hydrogens (tertiary/aromatic N) is 2. The van der Waals surface area contributed by atoms with E-state index < -0.39 is 40.8 Å². The summed E-state index contributed by atoms with van der Waals surface area (Å²) in [5, 5.41) is 0. The molecule has 6 nitrogen and oxygen atoms in total. The first-order chi connectivity index (χ1) is 14.5. The molecule has 0 heterocycles. The molecule has 2 aromatic carbocycles. The van der Waals surface area contributed by atoms with Gasteiger partial charge in [-0.3, -0.25) is 0 Å². The highest BCUT2D eigenvalue weighted by molar-refractivity contribution is 5.52. The first kappa shape index (κ1) is 21.8. The highest BCUT2D eigenvalue weighted by atomic mass is 19.3. The number of ether oxygens (including phenoxy) is 2. The van der Waals surface area contributed by atoms with E-state index in [1.165, 1.54) is 12.2 Å². The molecule has 0 amide bonds. The molecule has 0 fully saturated rings. The molecule has 0 atom stereocenters. The summed E-state index contributed by atoms with van der Waals surface area (Å²) in [6.45, 7) is 0. The van der Waals surface area contributed by atoms with Crippen LogP contribution in [0, 0.1) is 0 Å². The molecule has 12 heteroatoms. The van der Waals surface area contributed by atoms with E-state index in [1.807, 2.05) is 0 Å². The van der Waals surface area contributed by atoms with Crippen molar-refractivity contribution in [1.82, 2.24) is 0 Å². The summed E-state index contributed by atoms with van der Waals surface area (Å²) in [6, 6.07) is 8.09. The fourth-order valence-electron chi connectivity index (χ4n) is 2.51. The fourth-order valence-corrected chi connectivity index (χ4v) is 2.51. The van der Waals surface area contributed by atoms with Gasteiger partial charge in [0.25, 0.3) is 0 Å². The summed E-state index contributed by atoms with van der Waals surface area (Å²) in [7, 11) is 0. The van der Waals surface area contributed by atoms with Crippen LogP contribution in [-0.4, -0.2) is 29.9 Å². The monoisotopic (exact) mass is 442 g/mol. The minimum Gasteiger partial charge on any atom is -0.451 e. The van der Waals surface area contributed by atoms with Crippen molar-refractivity contribution in [2.75, 3.05) is 0 Å². The van der Waals surface area contributed by atoms with Gasteiger partial charge in [-0.1, -0.05) is 0 Å². The SMILES string of the molecule is O=C=Nc1ccc(OC2=C(Oc3ccc(N=C=O)cc3)C(F)(F)C(F)(F)C2(F)F)cc1. The Bertz CT molecular complexity index is 1030. The Morgan fingerprint density at radius 2 is 0.935 bits per heavy atom. The summed E-state index contributed by atoms with van der Waals surface area (Å²) in [5.41, 5.74) is 0.0550. The Balaban J connectivity index is 2.05. The van der Waals surface area contributed by atoms with E-state index in [0.717, 1.165) is 48.5 Å². The zero-order valence-electron chi connectivity index (χ0n) is 14.9. The zero-order chi connectivity index (χ0) is 22.9. The summed E-state index contributed by atoms with van der Waals surface area (Å²) in [6.07, 6.45) is 2.43. The molecular formula is C19H8F6N2O4. The van der Waals surface area contributed by atoms with E-state index in [2.05, 4.69) is 19.5 Å². The third-order valence-corrected chi connectivity index (χ3v) is 4.03. The maximum Gasteiger partial charge on any atom is 0.387 e. The van der Waals surface area contributed by atoms with Crippen molar-refractivity contribution in [2.45, 2.75) is 17.8 Å². The molecule has 1 aliphatic rings. The quantitative estimate of drug-likeness (QED) is 0.350. The third kappa shape index (κ3) is 3.70. The third-order valence-electron chi connectivity index (χ3n) is 4.03. The van der Waals surface area contributed by atoms with E-state index in [9.17, 15) is 35.9 Å². The largest absolute Gasteiger partial charge is 0.451 e. The lowest BCUT2D eigenvalue weighted by Gasteiger charge is -2.24. The minimum absolute atomic E-state index is 0.0275. The molecule has 0 aromatic heterocycles. The van der Waals surface area contributed by atoms with E-state index >= 15 is 0 Å². The standard InChI is InChI=1S/C19H8F6N2O4/c20-17(21)15(30-13-5-1-11(2-6-13)26-9-28)16(18(22,23)19(17,24)25)31-14-7-3-12(4-8-14)27-10-29/h1-8H. The van der Waals surface area contributed by atoms with Crippen molar-refractivity contribution in [3.05, 3.63) is 60.0 Å². The van der Waals surface area contributed by atoms with Gasteiger partial charge < -0.3 is 9.47 Å². The molecule has 2 aromatic rings. The van der Waals surface area contributed by atoms with Crippen LogP contribution in [0.2, 0.25) is 0 Å². The van der Waals surface area contributed by atoms with Crippen LogP contribution in [0.3, 0.4) is 0 Å². The predicted molar refractivity (Wildman–Crippen MR) is 91.6 cm³/mol. The number of rotatable bonds is 6. The fraction of sp³-hybridized carbons (Fsp3) is 0.158. The molecule has 1 aliphatic carbocycles. The van der Waals surface area contributed by atoms with Crippen molar-refractivity contribution in [2.24, 2.45) is 9.98 Å². The van der Waals surface area contributed by atoms with E-state index in [1.54, 1.807) is 0 Å². The van der Waals surface area contributed by atoms with Crippen LogP contribution in [0.15, 0.2) is 70.0 Å². The molecule has 0 bridgehead atoms. The van der Waals surface area contributed by atoms with Crippen LogP contribution >= 0.6 is 0 Å². The lowest BCUT2D eigenvalue weighted by atomic mass is 10.1. The van der Waals surface area contributed by atoms with Crippen LogP contribution in [0.4, 0.5) is 37.7 Å². The molecule has 0 aliphatic heterocycles. The molecule has 160 valence electrons. The van der Waals surface area contributed by atoms with Gasteiger partial charge in [0.15, 0.2) is 0 Å². The van der Waals surface area contributed by atoms with Crippen molar-refractivity contribution in [3.63, 3.8) is 0 Å². The molecule has 31 heavy (non-hydrogen) atoms. The van der Waals surface area contributed by atoms with Crippen molar-refractivity contribution in [3.8, 4) is 11.5 Å². The van der Waals surface area contributed by atoms with Gasteiger partial charge in [0, 0.05) is 0 Å². The number of allylic oxidation sites excluding steroid dienone is 2. The molecule has 3 rings (SSSR count). The molecule has 0 spiro atoms. The number of hydrogen-bond donors (Lipinski definition) is 0. The van der Waals surface area contributed by atoms with Crippen LogP contribution in [0.5, 0.6) is 11.5 Å². The summed E-state index contributed by atoms with van der Waals surface area (Å²) < 4.78 is 94.2. The average molecular weight is 442 g/mol. The second-order valence-corrected chi connectivity index (χ2v) is 5.98. The predicted octanol–water partition coefficient (Wildman–Crippen LogP) is 5.21. The van der Waals surface area contributed by atoms with Gasteiger partial charge in [-0.05, 0) is 48.5 Å². The van der Waals surface area contributed by atoms with Crippen molar-refractivity contribution < 1.29 is 45.4 Å². The van der Waals surface area contributed by atoms with E-state index in [-0.39, 0.29) is 11.4 Å². The van der Waals surface area contributed by atoms with Gasteiger partial charge in [0.1, 0.15) is 11.5 Å². The van der Waals surface area contributed by atoms with Gasteiger partial charge >= 0.3 is 17.8 Å². The smallest absolute Gasteiger partial charge is 0.387 e. The first-order valence-corrected chi connectivity index (χ1v) is 8.15. The highest BCUT2D eigenvalue weighted by Gasteiger charge is 2.83. The number of hydrogen-bond acceptors (Lipinski definition) is 6. The molecule has 0 saturated heterocycles. The second-order valence-electron chi connectivity index (χ2n) is 5.98. The Labute approximate surface area is 169 Å². The lowest BCUT2D eigenvalue weighted by Crippen LogP contribution is -2.50. The molecule has 0 radical (unpaired) electrons. The molecule has 0 saturated carbocycles. The van der Waals surface area contributed by atoms with Crippen molar-refractivity contribution >= 4 is 23.5 Å². The lowest BCUT2D eigenvalue weighted by molar-refractivity contribution is -0.273.